The number of halogens is 3. The second-order valence-corrected chi connectivity index (χ2v) is 2.85. The number of rotatable bonds is 2. The molecule has 1 rings (SSSR count). The van der Waals surface area contributed by atoms with Crippen LogP contribution in [0.2, 0.25) is 0 Å². The van der Waals surface area contributed by atoms with Crippen LogP contribution in [0.1, 0.15) is 11.1 Å². The second kappa shape index (κ2) is 3.69. The average molecular weight is 204 g/mol. The minimum absolute atomic E-state index is 0.111. The first-order valence-electron chi connectivity index (χ1n) is 3.78. The molecule has 2 nitrogen and oxygen atoms in total. The smallest absolute Gasteiger partial charge is 0.308 e. The van der Waals surface area contributed by atoms with Crippen molar-refractivity contribution in [3.05, 3.63) is 34.6 Å². The highest BCUT2D eigenvalue weighted by molar-refractivity contribution is 5.70. The zero-order chi connectivity index (χ0) is 10.9. The van der Waals surface area contributed by atoms with Crippen LogP contribution in [0, 0.1) is 24.4 Å². The second-order valence-electron chi connectivity index (χ2n) is 2.85. The lowest BCUT2D eigenvalue weighted by molar-refractivity contribution is -0.136. The summed E-state index contributed by atoms with van der Waals surface area (Å²) in [6.07, 6.45) is -0.865. The summed E-state index contributed by atoms with van der Waals surface area (Å²) in [6, 6.07) is 0.690. The van der Waals surface area contributed by atoms with Gasteiger partial charge in [-0.3, -0.25) is 4.79 Å². The Morgan fingerprint density at radius 2 is 1.93 bits per heavy atom. The average Bonchev–Trinajstić information content (AvgIpc) is 2.09. The van der Waals surface area contributed by atoms with Gasteiger partial charge in [-0.1, -0.05) is 0 Å². The van der Waals surface area contributed by atoms with E-state index < -0.39 is 35.4 Å². The van der Waals surface area contributed by atoms with Crippen LogP contribution < -0.4 is 0 Å². The summed E-state index contributed by atoms with van der Waals surface area (Å²) < 4.78 is 38.8. The van der Waals surface area contributed by atoms with Gasteiger partial charge in [-0.25, -0.2) is 13.2 Å². The monoisotopic (exact) mass is 204 g/mol. The maximum atomic E-state index is 13.1. The van der Waals surface area contributed by atoms with Gasteiger partial charge in [0, 0.05) is 5.56 Å². The van der Waals surface area contributed by atoms with Gasteiger partial charge >= 0.3 is 5.97 Å². The maximum Gasteiger partial charge on any atom is 0.308 e. The third-order valence-corrected chi connectivity index (χ3v) is 1.76. The Balaban J connectivity index is 3.31. The minimum Gasteiger partial charge on any atom is -0.481 e. The predicted molar refractivity (Wildman–Crippen MR) is 42.4 cm³/mol. The van der Waals surface area contributed by atoms with Gasteiger partial charge in [0.25, 0.3) is 0 Å². The van der Waals surface area contributed by atoms with Crippen molar-refractivity contribution in [2.24, 2.45) is 0 Å². The lowest BCUT2D eigenvalue weighted by Gasteiger charge is -2.05. The third kappa shape index (κ3) is 1.86. The van der Waals surface area contributed by atoms with Crippen LogP contribution in [-0.4, -0.2) is 11.1 Å². The Morgan fingerprint density at radius 1 is 1.36 bits per heavy atom. The van der Waals surface area contributed by atoms with E-state index >= 15 is 0 Å². The van der Waals surface area contributed by atoms with Crippen LogP contribution in [-0.2, 0) is 11.2 Å². The van der Waals surface area contributed by atoms with E-state index in [0.29, 0.717) is 6.07 Å². The Hall–Kier alpha value is -1.52. The fourth-order valence-corrected chi connectivity index (χ4v) is 1.10. The first-order valence-corrected chi connectivity index (χ1v) is 3.78. The molecule has 0 bridgehead atoms. The van der Waals surface area contributed by atoms with E-state index in [9.17, 15) is 18.0 Å². The van der Waals surface area contributed by atoms with Gasteiger partial charge in [0.05, 0.1) is 6.42 Å². The molecular weight excluding hydrogens is 197 g/mol. The SMILES string of the molecule is Cc1cc(F)c(F)c(CC(=O)O)c1F. The minimum atomic E-state index is -1.43. The fourth-order valence-electron chi connectivity index (χ4n) is 1.10. The summed E-state index contributed by atoms with van der Waals surface area (Å²) >= 11 is 0. The van der Waals surface area contributed by atoms with Crippen LogP contribution in [0.5, 0.6) is 0 Å². The Morgan fingerprint density at radius 3 is 2.43 bits per heavy atom. The van der Waals surface area contributed by atoms with Gasteiger partial charge < -0.3 is 5.11 Å². The van der Waals surface area contributed by atoms with E-state index in [2.05, 4.69) is 0 Å². The van der Waals surface area contributed by atoms with E-state index in [1.165, 1.54) is 6.92 Å². The van der Waals surface area contributed by atoms with Gasteiger partial charge in [0.2, 0.25) is 0 Å². The van der Waals surface area contributed by atoms with E-state index in [0.717, 1.165) is 0 Å². The van der Waals surface area contributed by atoms with Gasteiger partial charge in [-0.2, -0.15) is 0 Å². The first-order chi connectivity index (χ1) is 6.43. The molecule has 1 aromatic rings. The van der Waals surface area contributed by atoms with Gasteiger partial charge in [0.1, 0.15) is 5.82 Å². The quantitative estimate of drug-likeness (QED) is 0.748. The fraction of sp³-hybridized carbons (Fsp3) is 0.222. The molecule has 0 aliphatic carbocycles. The zero-order valence-corrected chi connectivity index (χ0v) is 7.27. The summed E-state index contributed by atoms with van der Waals surface area (Å²) in [7, 11) is 0. The van der Waals surface area contributed by atoms with Crippen LogP contribution in [0.25, 0.3) is 0 Å². The zero-order valence-electron chi connectivity index (χ0n) is 7.27. The first kappa shape index (κ1) is 10.6. The highest BCUT2D eigenvalue weighted by atomic mass is 19.2. The number of carboxylic acids is 1. The lowest BCUT2D eigenvalue weighted by atomic mass is 10.1. The normalized spacial score (nSPS) is 10.3. The highest BCUT2D eigenvalue weighted by Crippen LogP contribution is 2.19. The lowest BCUT2D eigenvalue weighted by Crippen LogP contribution is -2.08. The van der Waals surface area contributed by atoms with Crippen LogP contribution in [0.15, 0.2) is 6.07 Å². The molecule has 1 N–H and O–H groups in total. The molecule has 0 aliphatic heterocycles. The molecule has 0 fully saturated rings. The van der Waals surface area contributed by atoms with Crippen molar-refractivity contribution in [2.75, 3.05) is 0 Å². The summed E-state index contributed by atoms with van der Waals surface area (Å²) in [4.78, 5) is 10.2. The van der Waals surface area contributed by atoms with Crippen molar-refractivity contribution in [3.63, 3.8) is 0 Å². The molecule has 5 heteroatoms. The summed E-state index contributed by atoms with van der Waals surface area (Å²) in [5.41, 5.74) is -0.852. The van der Waals surface area contributed by atoms with Crippen LogP contribution >= 0.6 is 0 Å². The van der Waals surface area contributed by atoms with E-state index in [1.807, 2.05) is 0 Å². The van der Waals surface area contributed by atoms with Crippen molar-refractivity contribution >= 4 is 5.97 Å². The third-order valence-electron chi connectivity index (χ3n) is 1.76. The molecule has 0 saturated carbocycles. The Kier molecular flexibility index (Phi) is 2.78. The van der Waals surface area contributed by atoms with Crippen molar-refractivity contribution < 1.29 is 23.1 Å². The molecule has 76 valence electrons. The number of aryl methyl sites for hydroxylation is 1. The summed E-state index contributed by atoms with van der Waals surface area (Å²) in [5, 5.41) is 8.34. The van der Waals surface area contributed by atoms with Gasteiger partial charge in [0.15, 0.2) is 11.6 Å². The molecule has 0 spiro atoms. The molecule has 0 unspecified atom stereocenters. The highest BCUT2D eigenvalue weighted by Gasteiger charge is 2.18. The van der Waals surface area contributed by atoms with E-state index in [1.54, 1.807) is 0 Å². The van der Waals surface area contributed by atoms with Crippen molar-refractivity contribution in [1.82, 2.24) is 0 Å². The molecule has 0 atom stereocenters. The molecule has 0 saturated heterocycles. The molecule has 0 heterocycles. The molecule has 0 aromatic heterocycles. The number of hydrogen-bond acceptors (Lipinski definition) is 1. The molecule has 0 amide bonds. The predicted octanol–water partition coefficient (Wildman–Crippen LogP) is 2.04. The van der Waals surface area contributed by atoms with Crippen LogP contribution in [0.3, 0.4) is 0 Å². The van der Waals surface area contributed by atoms with Gasteiger partial charge in [-0.05, 0) is 18.6 Å². The number of benzene rings is 1. The van der Waals surface area contributed by atoms with Crippen molar-refractivity contribution in [1.29, 1.82) is 0 Å². The molecule has 14 heavy (non-hydrogen) atoms. The van der Waals surface area contributed by atoms with E-state index in [4.69, 9.17) is 5.11 Å². The molecule has 0 aliphatic rings. The number of hydrogen-bond donors (Lipinski definition) is 1. The largest absolute Gasteiger partial charge is 0.481 e. The van der Waals surface area contributed by atoms with Crippen molar-refractivity contribution in [3.8, 4) is 0 Å². The van der Waals surface area contributed by atoms with Crippen LogP contribution in [0.4, 0.5) is 13.2 Å². The molecule has 1 aromatic carbocycles. The maximum absolute atomic E-state index is 13.1. The Labute approximate surface area is 78.0 Å². The number of carbonyl (C=O) groups is 1. The number of carboxylic acid groups (broad SMARTS) is 1. The van der Waals surface area contributed by atoms with Crippen molar-refractivity contribution in [2.45, 2.75) is 13.3 Å². The summed E-state index contributed by atoms with van der Waals surface area (Å²) in [6.45, 7) is 1.24. The standard InChI is InChI=1S/C9H7F3O2/c1-4-2-6(10)9(12)5(8(4)11)3-7(13)14/h2H,3H2,1H3,(H,13,14). The summed E-state index contributed by atoms with van der Waals surface area (Å²) in [5.74, 6) is -5.09. The van der Waals surface area contributed by atoms with E-state index in [-0.39, 0.29) is 5.56 Å². The topological polar surface area (TPSA) is 37.3 Å². The molecular formula is C9H7F3O2. The molecule has 0 radical (unpaired) electrons. The van der Waals surface area contributed by atoms with Gasteiger partial charge in [-0.15, -0.1) is 0 Å². The number of aliphatic carboxylic acids is 1. The Bertz CT molecular complexity index is 362.